The number of fused-ring (bicyclic) bond motifs is 1. The van der Waals surface area contributed by atoms with Gasteiger partial charge in [-0.05, 0) is 48.4 Å². The van der Waals surface area contributed by atoms with Gasteiger partial charge in [-0.15, -0.1) is 10.2 Å². The number of para-hydroxylation sites is 1. The van der Waals surface area contributed by atoms with Crippen molar-refractivity contribution in [1.82, 2.24) is 30.2 Å². The molecule has 2 N–H and O–H groups in total. The van der Waals surface area contributed by atoms with Gasteiger partial charge in [0.05, 0.1) is 11.0 Å². The van der Waals surface area contributed by atoms with E-state index in [2.05, 4.69) is 30.7 Å². The number of tetrazole rings is 1. The van der Waals surface area contributed by atoms with Gasteiger partial charge in [0.1, 0.15) is 12.4 Å². The Bertz CT molecular complexity index is 1110. The summed E-state index contributed by atoms with van der Waals surface area (Å²) in [6.45, 7) is 3.95. The van der Waals surface area contributed by atoms with Gasteiger partial charge >= 0.3 is 0 Å². The van der Waals surface area contributed by atoms with Gasteiger partial charge in [0, 0.05) is 11.3 Å². The molecule has 4 aromatic rings. The van der Waals surface area contributed by atoms with Crippen LogP contribution in [-0.4, -0.2) is 36.1 Å². The van der Waals surface area contributed by atoms with Gasteiger partial charge in [-0.2, -0.15) is 4.80 Å². The van der Waals surface area contributed by atoms with E-state index < -0.39 is 0 Å². The van der Waals surface area contributed by atoms with Crippen LogP contribution in [0.5, 0.6) is 0 Å². The number of nitrogens with zero attached hydrogens (tertiary/aromatic N) is 5. The Kier molecular flexibility index (Phi) is 4.37. The lowest BCUT2D eigenvalue weighted by atomic mass is 10.1. The van der Waals surface area contributed by atoms with E-state index in [0.29, 0.717) is 5.82 Å². The number of rotatable bonds is 5. The molecule has 0 aliphatic heterocycles. The molecule has 0 spiro atoms. The summed E-state index contributed by atoms with van der Waals surface area (Å²) in [5.41, 5.74) is 4.51. The highest BCUT2D eigenvalue weighted by Gasteiger charge is 2.12. The zero-order valence-electron chi connectivity index (χ0n) is 15.1. The van der Waals surface area contributed by atoms with Crippen LogP contribution in [0.4, 0.5) is 5.69 Å². The number of imidazole rings is 1. The van der Waals surface area contributed by atoms with Crippen molar-refractivity contribution in [2.75, 3.05) is 5.32 Å². The third kappa shape index (κ3) is 3.55. The van der Waals surface area contributed by atoms with Crippen LogP contribution in [0, 0.1) is 6.92 Å². The molecule has 0 saturated heterocycles. The number of hydrogen-bond donors (Lipinski definition) is 2. The van der Waals surface area contributed by atoms with Crippen LogP contribution in [0.1, 0.15) is 18.3 Å². The highest BCUT2D eigenvalue weighted by atomic mass is 16.2. The summed E-state index contributed by atoms with van der Waals surface area (Å²) in [5, 5.41) is 15.3. The number of carbonyl (C=O) groups excluding carboxylic acids is 1. The van der Waals surface area contributed by atoms with Crippen molar-refractivity contribution in [3.05, 3.63) is 53.9 Å². The average Bonchev–Trinajstić information content (AvgIpc) is 3.26. The number of carbonyl (C=O) groups is 1. The van der Waals surface area contributed by atoms with E-state index >= 15 is 0 Å². The van der Waals surface area contributed by atoms with Crippen LogP contribution in [0.15, 0.2) is 42.5 Å². The maximum Gasteiger partial charge on any atom is 0.248 e. The monoisotopic (exact) mass is 361 g/mol. The number of amides is 1. The molecule has 0 aliphatic carbocycles. The minimum atomic E-state index is -0.195. The van der Waals surface area contributed by atoms with Gasteiger partial charge < -0.3 is 10.3 Å². The van der Waals surface area contributed by atoms with Crippen molar-refractivity contribution < 1.29 is 4.79 Å². The van der Waals surface area contributed by atoms with Crippen molar-refractivity contribution in [1.29, 1.82) is 0 Å². The maximum atomic E-state index is 12.3. The first-order valence-corrected chi connectivity index (χ1v) is 8.74. The van der Waals surface area contributed by atoms with Crippen LogP contribution >= 0.6 is 0 Å². The zero-order valence-corrected chi connectivity index (χ0v) is 15.1. The molecule has 8 nitrogen and oxygen atoms in total. The van der Waals surface area contributed by atoms with Crippen LogP contribution in [0.3, 0.4) is 0 Å². The van der Waals surface area contributed by atoms with Crippen molar-refractivity contribution in [3.63, 3.8) is 0 Å². The molecule has 0 bridgehead atoms. The standard InChI is InChI=1S/C19H19N7O/c1-3-13-6-4-5-7-15(13)22-18(27)11-26-24-19(23-25-26)14-8-9-16-17(10-14)21-12(2)20-16/h4-10H,3,11H2,1-2H3,(H,20,21)(H,22,27). The summed E-state index contributed by atoms with van der Waals surface area (Å²) in [4.78, 5) is 21.2. The Balaban J connectivity index is 1.49. The predicted octanol–water partition coefficient (Wildman–Crippen LogP) is 2.73. The fourth-order valence-corrected chi connectivity index (χ4v) is 2.97. The molecule has 8 heteroatoms. The van der Waals surface area contributed by atoms with Crippen molar-refractivity contribution >= 4 is 22.6 Å². The number of aromatic nitrogens is 6. The van der Waals surface area contributed by atoms with Crippen molar-refractivity contribution in [2.24, 2.45) is 0 Å². The summed E-state index contributed by atoms with van der Waals surface area (Å²) in [5.74, 6) is 1.12. The first-order valence-electron chi connectivity index (χ1n) is 8.74. The second kappa shape index (κ2) is 6.99. The smallest absolute Gasteiger partial charge is 0.248 e. The van der Waals surface area contributed by atoms with Gasteiger partial charge in [0.25, 0.3) is 0 Å². The van der Waals surface area contributed by atoms with E-state index in [1.54, 1.807) is 0 Å². The van der Waals surface area contributed by atoms with Crippen molar-refractivity contribution in [3.8, 4) is 11.4 Å². The predicted molar refractivity (Wildman–Crippen MR) is 102 cm³/mol. The molecule has 0 radical (unpaired) electrons. The van der Waals surface area contributed by atoms with Gasteiger partial charge in [0.2, 0.25) is 11.7 Å². The molecular weight excluding hydrogens is 342 g/mol. The summed E-state index contributed by atoms with van der Waals surface area (Å²) >= 11 is 0. The number of hydrogen-bond acceptors (Lipinski definition) is 5. The zero-order chi connectivity index (χ0) is 18.8. The van der Waals surface area contributed by atoms with E-state index in [9.17, 15) is 4.79 Å². The maximum absolute atomic E-state index is 12.3. The minimum Gasteiger partial charge on any atom is -0.342 e. The fraction of sp³-hybridized carbons (Fsp3) is 0.211. The highest BCUT2D eigenvalue weighted by Crippen LogP contribution is 2.20. The van der Waals surface area contributed by atoms with Crippen LogP contribution in [0.25, 0.3) is 22.4 Å². The molecule has 0 fully saturated rings. The molecule has 4 rings (SSSR count). The molecule has 0 aliphatic rings. The second-order valence-electron chi connectivity index (χ2n) is 6.26. The lowest BCUT2D eigenvalue weighted by Crippen LogP contribution is -2.21. The minimum absolute atomic E-state index is 0.00351. The highest BCUT2D eigenvalue weighted by molar-refractivity contribution is 5.91. The third-order valence-electron chi connectivity index (χ3n) is 4.27. The number of anilines is 1. The summed E-state index contributed by atoms with van der Waals surface area (Å²) in [7, 11) is 0. The normalized spacial score (nSPS) is 11.0. The SMILES string of the molecule is CCc1ccccc1NC(=O)Cn1nnc(-c2ccc3nc(C)[nH]c3c2)n1. The number of aryl methyl sites for hydroxylation is 2. The quantitative estimate of drug-likeness (QED) is 0.569. The third-order valence-corrected chi connectivity index (χ3v) is 4.27. The van der Waals surface area contributed by atoms with Crippen LogP contribution < -0.4 is 5.32 Å². The largest absolute Gasteiger partial charge is 0.342 e. The van der Waals surface area contributed by atoms with Gasteiger partial charge in [0.15, 0.2) is 0 Å². The Morgan fingerprint density at radius 3 is 2.93 bits per heavy atom. The molecule has 0 unspecified atom stereocenters. The fourth-order valence-electron chi connectivity index (χ4n) is 2.97. The Morgan fingerprint density at radius 1 is 1.22 bits per heavy atom. The molecule has 2 aromatic heterocycles. The van der Waals surface area contributed by atoms with E-state index in [1.807, 2.05) is 56.3 Å². The van der Waals surface area contributed by atoms with E-state index in [-0.39, 0.29) is 12.5 Å². The lowest BCUT2D eigenvalue weighted by Gasteiger charge is -2.08. The first-order chi connectivity index (χ1) is 13.1. The molecule has 0 saturated carbocycles. The van der Waals surface area contributed by atoms with Gasteiger partial charge in [-0.1, -0.05) is 25.1 Å². The molecule has 1 amide bonds. The second-order valence-corrected chi connectivity index (χ2v) is 6.26. The van der Waals surface area contributed by atoms with Crippen LogP contribution in [0.2, 0.25) is 0 Å². The summed E-state index contributed by atoms with van der Waals surface area (Å²) < 4.78 is 0. The molecule has 2 heterocycles. The first kappa shape index (κ1) is 16.9. The number of nitrogens with one attached hydrogen (secondary N) is 2. The topological polar surface area (TPSA) is 101 Å². The summed E-state index contributed by atoms with van der Waals surface area (Å²) in [6.07, 6.45) is 0.845. The average molecular weight is 361 g/mol. The summed E-state index contributed by atoms with van der Waals surface area (Å²) in [6, 6.07) is 13.5. The van der Waals surface area contributed by atoms with E-state index in [4.69, 9.17) is 0 Å². The number of benzene rings is 2. The Labute approximate surface area is 155 Å². The molecule has 0 atom stereocenters. The lowest BCUT2D eigenvalue weighted by molar-refractivity contribution is -0.117. The molecule has 27 heavy (non-hydrogen) atoms. The van der Waals surface area contributed by atoms with Gasteiger partial charge in [-0.25, -0.2) is 4.98 Å². The molecule has 2 aromatic carbocycles. The van der Waals surface area contributed by atoms with E-state index in [1.165, 1.54) is 4.80 Å². The molecular formula is C19H19N7O. The molecule has 136 valence electrons. The van der Waals surface area contributed by atoms with E-state index in [0.717, 1.165) is 40.1 Å². The Morgan fingerprint density at radius 2 is 2.07 bits per heavy atom. The Hall–Kier alpha value is -3.55. The van der Waals surface area contributed by atoms with Crippen LogP contribution in [-0.2, 0) is 17.8 Å². The number of H-pyrrole nitrogens is 1. The number of aromatic amines is 1. The van der Waals surface area contributed by atoms with Gasteiger partial charge in [-0.3, -0.25) is 4.79 Å². The van der Waals surface area contributed by atoms with Crippen molar-refractivity contribution in [2.45, 2.75) is 26.8 Å².